The Balaban J connectivity index is 1.05. The number of likely N-dealkylation sites (N-methyl/N-ethyl adjacent to an activating group) is 1. The number of ether oxygens (including phenoxy) is 2. The van der Waals surface area contributed by atoms with E-state index in [1.165, 1.54) is 32.1 Å². The number of aliphatic hydroxyl groups excluding tert-OH is 1. The van der Waals surface area contributed by atoms with Crippen LogP contribution in [0.3, 0.4) is 0 Å². The molecule has 7 N–H and O–H groups in total. The van der Waals surface area contributed by atoms with E-state index >= 15 is 0 Å². The van der Waals surface area contributed by atoms with Gasteiger partial charge in [-0.15, -0.1) is 10.2 Å². The van der Waals surface area contributed by atoms with Gasteiger partial charge in [0.15, 0.2) is 22.9 Å². The second kappa shape index (κ2) is 22.9. The van der Waals surface area contributed by atoms with E-state index in [1.54, 1.807) is 128 Å². The van der Waals surface area contributed by atoms with Gasteiger partial charge < -0.3 is 45.0 Å². The molecule has 6 heterocycles. The number of halogens is 2. The number of rotatable bonds is 17. The lowest BCUT2D eigenvalue weighted by Crippen LogP contribution is -2.36. The SMILES string of the molecule is CNCCn1c([C@H](C)NC(=O)c2c(NC(=O)OC(C)(C)C)nn3c(C(O)CNCCn4c([C@H](C)NC(=O)c5c(NC(=O)OC(C)(C)C)nn6cccnc56)cc5cccc(Cl)c5c4=O)ccnc23)cc2cccc(Cl)c2c1=O. The van der Waals surface area contributed by atoms with Crippen molar-refractivity contribution in [3.05, 3.63) is 138 Å². The van der Waals surface area contributed by atoms with Crippen molar-refractivity contribution in [1.29, 1.82) is 0 Å². The van der Waals surface area contributed by atoms with E-state index in [9.17, 15) is 33.9 Å². The summed E-state index contributed by atoms with van der Waals surface area (Å²) in [4.78, 5) is 91.9. The summed E-state index contributed by atoms with van der Waals surface area (Å²) in [5, 5.41) is 40.2. The number of nitrogens with zero attached hydrogens (tertiary/aromatic N) is 8. The number of carbonyl (C=O) groups excluding carboxylic acids is 4. The van der Waals surface area contributed by atoms with Crippen LogP contribution in [0.2, 0.25) is 10.0 Å². The maximum atomic E-state index is 14.5. The summed E-state index contributed by atoms with van der Waals surface area (Å²) in [6.45, 7) is 14.3. The third-order valence-electron chi connectivity index (χ3n) is 12.2. The van der Waals surface area contributed by atoms with Crippen molar-refractivity contribution in [3.63, 3.8) is 0 Å². The van der Waals surface area contributed by atoms with Crippen LogP contribution in [-0.4, -0.2) is 105 Å². The van der Waals surface area contributed by atoms with Gasteiger partial charge in [-0.2, -0.15) is 0 Å². The Hall–Kier alpha value is -7.96. The van der Waals surface area contributed by atoms with Gasteiger partial charge >= 0.3 is 12.2 Å². The molecule has 0 aliphatic rings. The molecular weight excluding hydrogens is 1050 g/mol. The lowest BCUT2D eigenvalue weighted by Gasteiger charge is -2.22. The molecule has 8 aromatic rings. The van der Waals surface area contributed by atoms with Crippen molar-refractivity contribution in [2.45, 2.75) is 97.9 Å². The maximum Gasteiger partial charge on any atom is 0.413 e. The van der Waals surface area contributed by atoms with Gasteiger partial charge in [-0.3, -0.25) is 29.8 Å². The van der Waals surface area contributed by atoms with Gasteiger partial charge in [-0.05, 0) is 110 Å². The van der Waals surface area contributed by atoms with Crippen LogP contribution in [0.15, 0.2) is 88.8 Å². The Kier molecular flexibility index (Phi) is 16.5. The molecule has 0 saturated carbocycles. The molecule has 25 heteroatoms. The Morgan fingerprint density at radius 2 is 1.17 bits per heavy atom. The monoisotopic (exact) mass is 1110 g/mol. The van der Waals surface area contributed by atoms with Crippen molar-refractivity contribution in [2.24, 2.45) is 0 Å². The molecule has 0 fully saturated rings. The van der Waals surface area contributed by atoms with Crippen LogP contribution >= 0.6 is 23.2 Å². The van der Waals surface area contributed by atoms with Crippen LogP contribution in [0.1, 0.15) is 111 Å². The van der Waals surface area contributed by atoms with E-state index in [0.29, 0.717) is 39.1 Å². The highest BCUT2D eigenvalue weighted by atomic mass is 35.5. The van der Waals surface area contributed by atoms with Crippen LogP contribution in [0.25, 0.3) is 32.8 Å². The van der Waals surface area contributed by atoms with E-state index in [2.05, 4.69) is 52.1 Å². The predicted octanol–water partition coefficient (Wildman–Crippen LogP) is 6.93. The summed E-state index contributed by atoms with van der Waals surface area (Å²) < 4.78 is 16.5. The normalized spacial score (nSPS) is 13.1. The number of aliphatic hydroxyl groups is 1. The molecule has 3 atom stereocenters. The molecule has 6 aromatic heterocycles. The number of amides is 4. The van der Waals surface area contributed by atoms with Crippen molar-refractivity contribution < 1.29 is 33.8 Å². The van der Waals surface area contributed by atoms with Crippen LogP contribution in [0, 0.1) is 0 Å². The zero-order valence-electron chi connectivity index (χ0n) is 44.3. The smallest absolute Gasteiger partial charge is 0.413 e. The zero-order valence-corrected chi connectivity index (χ0v) is 45.8. The third kappa shape index (κ3) is 12.2. The molecule has 4 amide bonds. The standard InChI is InChI=1S/C53H60Cl2N14O9/c1-28(35-25-30-13-10-15-32(54)38(30)48(73)66(35)23-20-56-9)61-47(72)41-43(63-51(76)78-53(6,7)8)65-69-34(17-19-59-45(41)69)37(70)27-57-21-24-67-36(26-31-14-11-16-33(55)39(31)49(67)74)29(2)60-46(71)40-42(62-50(75)77-52(3,4)5)64-68-22-12-18-58-44(40)68/h10-19,22,25-26,28-29,37,56-57,70H,20-21,23-24,27H2,1-9H3,(H,60,71)(H,61,72)(H,62,64,75)(H,63,65,76)/t28-,29-,37?/m0/s1. The molecule has 410 valence electrons. The van der Waals surface area contributed by atoms with E-state index in [4.69, 9.17) is 32.7 Å². The average molecular weight is 1110 g/mol. The summed E-state index contributed by atoms with van der Waals surface area (Å²) in [5.41, 5.74) is -1.53. The third-order valence-corrected chi connectivity index (χ3v) is 12.9. The number of anilines is 2. The van der Waals surface area contributed by atoms with Crippen LogP contribution < -0.4 is 43.0 Å². The lowest BCUT2D eigenvalue weighted by molar-refractivity contribution is 0.0623. The summed E-state index contributed by atoms with van der Waals surface area (Å²) in [6, 6.07) is 15.2. The first kappa shape index (κ1) is 56.2. The first-order valence-corrected chi connectivity index (χ1v) is 25.7. The minimum atomic E-state index is -1.31. The molecule has 0 aliphatic heterocycles. The number of fused-ring (bicyclic) bond motifs is 4. The Bertz CT molecular complexity index is 3750. The molecule has 8 rings (SSSR count). The highest BCUT2D eigenvalue weighted by molar-refractivity contribution is 6.35. The van der Waals surface area contributed by atoms with E-state index < -0.39 is 58.9 Å². The molecule has 2 aromatic carbocycles. The van der Waals surface area contributed by atoms with Gasteiger partial charge in [0, 0.05) is 62.7 Å². The number of hydrogen-bond donors (Lipinski definition) is 7. The van der Waals surface area contributed by atoms with Gasteiger partial charge in [0.1, 0.15) is 28.4 Å². The van der Waals surface area contributed by atoms with Gasteiger partial charge in [0.25, 0.3) is 22.9 Å². The number of benzene rings is 2. The highest BCUT2D eigenvalue weighted by Crippen LogP contribution is 2.29. The summed E-state index contributed by atoms with van der Waals surface area (Å²) >= 11 is 13.1. The molecular formula is C53H60Cl2N14O9. The quantitative estimate of drug-likeness (QED) is 0.0455. The fraction of sp³-hybridized carbons (Fsp3) is 0.358. The molecule has 0 saturated heterocycles. The van der Waals surface area contributed by atoms with Crippen LogP contribution in [0.5, 0.6) is 0 Å². The average Bonchev–Trinajstić information content (AvgIpc) is 3.99. The van der Waals surface area contributed by atoms with Gasteiger partial charge in [0.05, 0.1) is 38.6 Å². The fourth-order valence-corrected chi connectivity index (χ4v) is 9.40. The number of hydrogen-bond acceptors (Lipinski definition) is 15. The van der Waals surface area contributed by atoms with Gasteiger partial charge in [-0.1, -0.05) is 47.5 Å². The molecule has 78 heavy (non-hydrogen) atoms. The summed E-state index contributed by atoms with van der Waals surface area (Å²) in [7, 11) is 1.76. The van der Waals surface area contributed by atoms with E-state index in [1.807, 2.05) is 0 Å². The van der Waals surface area contributed by atoms with Crippen molar-refractivity contribution in [3.8, 4) is 0 Å². The predicted molar refractivity (Wildman–Crippen MR) is 296 cm³/mol. The Labute approximate surface area is 456 Å². The largest absolute Gasteiger partial charge is 0.444 e. The molecule has 0 radical (unpaired) electrons. The van der Waals surface area contributed by atoms with E-state index in [0.717, 1.165) is 0 Å². The molecule has 23 nitrogen and oxygen atoms in total. The Morgan fingerprint density at radius 3 is 1.69 bits per heavy atom. The molecule has 0 bridgehead atoms. The first-order chi connectivity index (χ1) is 36.9. The van der Waals surface area contributed by atoms with E-state index in [-0.39, 0.29) is 81.9 Å². The fourth-order valence-electron chi connectivity index (χ4n) is 8.87. The minimum Gasteiger partial charge on any atom is -0.444 e. The molecule has 0 spiro atoms. The number of aromatic nitrogens is 8. The zero-order chi connectivity index (χ0) is 56.4. The Morgan fingerprint density at radius 1 is 0.667 bits per heavy atom. The summed E-state index contributed by atoms with van der Waals surface area (Å²) in [6.07, 6.45) is 1.38. The maximum absolute atomic E-state index is 14.5. The number of nitrogens with one attached hydrogen (secondary N) is 6. The van der Waals surface area contributed by atoms with Crippen LogP contribution in [0.4, 0.5) is 21.2 Å². The number of pyridine rings is 2. The second-order valence-electron chi connectivity index (χ2n) is 20.4. The minimum absolute atomic E-state index is 0.0203. The highest BCUT2D eigenvalue weighted by Gasteiger charge is 2.31. The topological polar surface area (TPSA) is 284 Å². The van der Waals surface area contributed by atoms with Crippen LogP contribution in [-0.2, 0) is 22.6 Å². The number of carbonyl (C=O) groups is 4. The van der Waals surface area contributed by atoms with Crippen molar-refractivity contribution in [1.82, 2.24) is 59.6 Å². The van der Waals surface area contributed by atoms with Crippen molar-refractivity contribution >= 4 is 91.7 Å². The summed E-state index contributed by atoms with van der Waals surface area (Å²) in [5.74, 6) is -1.68. The lowest BCUT2D eigenvalue weighted by atomic mass is 10.1. The van der Waals surface area contributed by atoms with Gasteiger partial charge in [0.2, 0.25) is 0 Å². The van der Waals surface area contributed by atoms with Crippen molar-refractivity contribution in [2.75, 3.05) is 37.3 Å². The molecule has 1 unspecified atom stereocenters. The molecule has 0 aliphatic carbocycles. The first-order valence-electron chi connectivity index (χ1n) is 24.9. The van der Waals surface area contributed by atoms with Gasteiger partial charge in [-0.25, -0.2) is 28.6 Å². The second-order valence-corrected chi connectivity index (χ2v) is 21.2.